The lowest BCUT2D eigenvalue weighted by Gasteiger charge is -2.15. The van der Waals surface area contributed by atoms with Crippen molar-refractivity contribution in [1.82, 2.24) is 0 Å². The second-order valence-corrected chi connectivity index (χ2v) is 4.58. The van der Waals surface area contributed by atoms with Gasteiger partial charge in [-0.25, -0.2) is 0 Å². The maximum absolute atomic E-state index is 9.98. The van der Waals surface area contributed by atoms with E-state index in [1.165, 1.54) is 12.8 Å². The predicted molar refractivity (Wildman–Crippen MR) is 72.5 cm³/mol. The number of rotatable bonds is 2. The lowest BCUT2D eigenvalue weighted by atomic mass is 9.95. The maximum atomic E-state index is 9.98. The summed E-state index contributed by atoms with van der Waals surface area (Å²) in [6.07, 6.45) is 2.37. The molecule has 0 aliphatic heterocycles. The van der Waals surface area contributed by atoms with Crippen LogP contribution in [0.4, 0.5) is 0 Å². The first-order valence-corrected chi connectivity index (χ1v) is 5.73. The van der Waals surface area contributed by atoms with Crippen LogP contribution in [0.5, 0.6) is 5.75 Å². The number of benzene rings is 2. The fraction of sp³-hybridized carbons (Fsp3) is 0.286. The first kappa shape index (κ1) is 12.2. The molecule has 0 unspecified atom stereocenters. The average Bonchev–Trinajstić information content (AvgIpc) is 3.12. The van der Waals surface area contributed by atoms with Crippen LogP contribution in [0.15, 0.2) is 36.4 Å². The summed E-state index contributed by atoms with van der Waals surface area (Å²) < 4.78 is 0. The Morgan fingerprint density at radius 3 is 2.53 bits per heavy atom. The minimum Gasteiger partial charge on any atom is -0.508 e. The monoisotopic (exact) mass is 249 g/mol. The van der Waals surface area contributed by atoms with Crippen LogP contribution in [0.1, 0.15) is 24.4 Å². The molecule has 0 radical (unpaired) electrons. The minimum atomic E-state index is -0.0221. The third-order valence-corrected chi connectivity index (χ3v) is 3.41. The van der Waals surface area contributed by atoms with Gasteiger partial charge in [-0.15, -0.1) is 12.4 Å². The van der Waals surface area contributed by atoms with Crippen molar-refractivity contribution in [2.45, 2.75) is 18.9 Å². The van der Waals surface area contributed by atoms with E-state index in [1.54, 1.807) is 6.07 Å². The smallest absolute Gasteiger partial charge is 0.120 e. The summed E-state index contributed by atoms with van der Waals surface area (Å²) >= 11 is 0. The van der Waals surface area contributed by atoms with Gasteiger partial charge in [-0.2, -0.15) is 0 Å². The van der Waals surface area contributed by atoms with Crippen LogP contribution < -0.4 is 5.73 Å². The van der Waals surface area contributed by atoms with Crippen molar-refractivity contribution in [3.8, 4) is 5.75 Å². The van der Waals surface area contributed by atoms with Gasteiger partial charge >= 0.3 is 0 Å². The van der Waals surface area contributed by atoms with Gasteiger partial charge in [0.15, 0.2) is 0 Å². The van der Waals surface area contributed by atoms with Gasteiger partial charge in [-0.1, -0.05) is 30.3 Å². The Kier molecular flexibility index (Phi) is 3.27. The Morgan fingerprint density at radius 2 is 1.82 bits per heavy atom. The van der Waals surface area contributed by atoms with Crippen LogP contribution in [0, 0.1) is 5.92 Å². The Balaban J connectivity index is 0.00000108. The molecule has 90 valence electrons. The zero-order valence-electron chi connectivity index (χ0n) is 9.47. The third-order valence-electron chi connectivity index (χ3n) is 3.41. The van der Waals surface area contributed by atoms with Crippen LogP contribution in [0.3, 0.4) is 0 Å². The van der Waals surface area contributed by atoms with Gasteiger partial charge in [-0.05, 0) is 35.6 Å². The van der Waals surface area contributed by atoms with Gasteiger partial charge in [0.1, 0.15) is 5.75 Å². The highest BCUT2D eigenvalue weighted by atomic mass is 35.5. The second kappa shape index (κ2) is 4.55. The number of phenols is 1. The standard InChI is InChI=1S/C14H15NO.ClH/c15-14(10-5-6-10)13-11-4-2-1-3-9(11)7-8-12(13)16;/h1-4,7-8,10,14,16H,5-6,15H2;1H/t14-;/m0./s1. The van der Waals surface area contributed by atoms with Crippen molar-refractivity contribution >= 4 is 23.2 Å². The summed E-state index contributed by atoms with van der Waals surface area (Å²) in [6.45, 7) is 0. The molecule has 0 spiro atoms. The molecule has 17 heavy (non-hydrogen) atoms. The van der Waals surface area contributed by atoms with E-state index in [0.717, 1.165) is 16.3 Å². The summed E-state index contributed by atoms with van der Waals surface area (Å²) in [6, 6.07) is 11.8. The predicted octanol–water partition coefficient (Wildman–Crippen LogP) is 3.38. The highest BCUT2D eigenvalue weighted by Gasteiger charge is 2.31. The molecule has 1 aliphatic rings. The Hall–Kier alpha value is -1.25. The molecule has 2 aromatic rings. The fourth-order valence-corrected chi connectivity index (χ4v) is 2.33. The van der Waals surface area contributed by atoms with Gasteiger partial charge in [0.25, 0.3) is 0 Å². The van der Waals surface area contributed by atoms with Crippen molar-refractivity contribution in [3.63, 3.8) is 0 Å². The highest BCUT2D eigenvalue weighted by molar-refractivity contribution is 5.88. The molecular formula is C14H16ClNO. The zero-order chi connectivity index (χ0) is 11.1. The topological polar surface area (TPSA) is 46.2 Å². The van der Waals surface area contributed by atoms with Crippen LogP contribution in [-0.4, -0.2) is 5.11 Å². The molecule has 3 N–H and O–H groups in total. The van der Waals surface area contributed by atoms with E-state index >= 15 is 0 Å². The van der Waals surface area contributed by atoms with E-state index in [4.69, 9.17) is 5.73 Å². The fourth-order valence-electron chi connectivity index (χ4n) is 2.33. The summed E-state index contributed by atoms with van der Waals surface area (Å²) in [7, 11) is 0. The Labute approximate surface area is 107 Å². The summed E-state index contributed by atoms with van der Waals surface area (Å²) in [5.41, 5.74) is 7.12. The first-order valence-electron chi connectivity index (χ1n) is 5.73. The van der Waals surface area contributed by atoms with Crippen LogP contribution >= 0.6 is 12.4 Å². The Bertz CT molecular complexity index is 537. The normalized spacial score (nSPS) is 16.5. The van der Waals surface area contributed by atoms with Crippen molar-refractivity contribution in [2.75, 3.05) is 0 Å². The van der Waals surface area contributed by atoms with Gasteiger partial charge in [-0.3, -0.25) is 0 Å². The van der Waals surface area contributed by atoms with Crippen molar-refractivity contribution < 1.29 is 5.11 Å². The summed E-state index contributed by atoms with van der Waals surface area (Å²) in [5.74, 6) is 0.884. The molecule has 0 amide bonds. The van der Waals surface area contributed by atoms with E-state index in [0.29, 0.717) is 11.7 Å². The molecule has 0 aromatic heterocycles. The molecule has 0 heterocycles. The van der Waals surface area contributed by atoms with Crippen molar-refractivity contribution in [3.05, 3.63) is 42.0 Å². The first-order chi connectivity index (χ1) is 7.77. The number of halogens is 1. The van der Waals surface area contributed by atoms with Gasteiger partial charge in [0.2, 0.25) is 0 Å². The third kappa shape index (κ3) is 2.11. The van der Waals surface area contributed by atoms with Crippen molar-refractivity contribution in [1.29, 1.82) is 0 Å². The van der Waals surface area contributed by atoms with Crippen LogP contribution in [0.2, 0.25) is 0 Å². The molecule has 1 aliphatic carbocycles. The number of phenolic OH excluding ortho intramolecular Hbond substituents is 1. The number of hydrogen-bond acceptors (Lipinski definition) is 2. The van der Waals surface area contributed by atoms with E-state index in [9.17, 15) is 5.11 Å². The number of aromatic hydroxyl groups is 1. The minimum absolute atomic E-state index is 0. The van der Waals surface area contributed by atoms with E-state index in [2.05, 4.69) is 6.07 Å². The van der Waals surface area contributed by atoms with Gasteiger partial charge < -0.3 is 10.8 Å². The van der Waals surface area contributed by atoms with Crippen LogP contribution in [0.25, 0.3) is 10.8 Å². The average molecular weight is 250 g/mol. The molecule has 1 fully saturated rings. The largest absolute Gasteiger partial charge is 0.508 e. The molecule has 3 heteroatoms. The SMILES string of the molecule is Cl.N[C@H](c1c(O)ccc2ccccc12)C1CC1. The molecule has 1 atom stereocenters. The summed E-state index contributed by atoms with van der Waals surface area (Å²) in [4.78, 5) is 0. The molecule has 0 bridgehead atoms. The molecule has 2 nitrogen and oxygen atoms in total. The lowest BCUT2D eigenvalue weighted by molar-refractivity contribution is 0.458. The Morgan fingerprint density at radius 1 is 1.12 bits per heavy atom. The van der Waals surface area contributed by atoms with Gasteiger partial charge in [0, 0.05) is 11.6 Å². The number of nitrogens with two attached hydrogens (primary N) is 1. The van der Waals surface area contributed by atoms with E-state index in [-0.39, 0.29) is 18.4 Å². The lowest BCUT2D eigenvalue weighted by Crippen LogP contribution is -2.13. The summed E-state index contributed by atoms with van der Waals surface area (Å²) in [5, 5.41) is 12.2. The molecule has 1 saturated carbocycles. The molecule has 2 aromatic carbocycles. The zero-order valence-corrected chi connectivity index (χ0v) is 10.3. The highest BCUT2D eigenvalue weighted by Crippen LogP contribution is 2.44. The number of fused-ring (bicyclic) bond motifs is 1. The molecule has 3 rings (SSSR count). The number of hydrogen-bond donors (Lipinski definition) is 2. The van der Waals surface area contributed by atoms with Crippen molar-refractivity contribution in [2.24, 2.45) is 11.7 Å². The van der Waals surface area contributed by atoms with Crippen LogP contribution in [-0.2, 0) is 0 Å². The molecular weight excluding hydrogens is 234 g/mol. The van der Waals surface area contributed by atoms with Gasteiger partial charge in [0.05, 0.1) is 0 Å². The quantitative estimate of drug-likeness (QED) is 0.857. The van der Waals surface area contributed by atoms with E-state index < -0.39 is 0 Å². The molecule has 0 saturated heterocycles. The van der Waals surface area contributed by atoms with E-state index in [1.807, 2.05) is 24.3 Å². The maximum Gasteiger partial charge on any atom is 0.120 e. The second-order valence-electron chi connectivity index (χ2n) is 4.58.